The summed E-state index contributed by atoms with van der Waals surface area (Å²) in [6.45, 7) is 0. The summed E-state index contributed by atoms with van der Waals surface area (Å²) < 4.78 is 0. The Balaban J connectivity index is 2.32. The van der Waals surface area contributed by atoms with Crippen LogP contribution in [0.25, 0.3) is 0 Å². The zero-order valence-corrected chi connectivity index (χ0v) is 7.94. The average molecular weight is 295 g/mol. The molecule has 0 saturated carbocycles. The van der Waals surface area contributed by atoms with Crippen LogP contribution in [0.5, 0.6) is 0 Å². The molecule has 0 aromatic heterocycles. The van der Waals surface area contributed by atoms with Crippen molar-refractivity contribution in [3.63, 3.8) is 0 Å². The van der Waals surface area contributed by atoms with Crippen LogP contribution in [-0.2, 0) is 0 Å². The first kappa shape index (κ1) is 6.41. The normalized spacial score (nSPS) is 6.75. The van der Waals surface area contributed by atoms with Gasteiger partial charge in [0.2, 0.25) is 0 Å². The Hall–Kier alpha value is 2.41. The van der Waals surface area contributed by atoms with E-state index in [1.807, 2.05) is 0 Å². The first-order valence-electron chi connectivity index (χ1n) is 0.567. The van der Waals surface area contributed by atoms with Crippen LogP contribution in [0.1, 0.15) is 0 Å². The van der Waals surface area contributed by atoms with Gasteiger partial charge in [-0.2, -0.15) is 0 Å². The molecule has 4 heavy (non-hydrogen) atoms. The fraction of sp³-hybridized carbons (Fsp3) is 0. The van der Waals surface area contributed by atoms with Gasteiger partial charge >= 0.3 is 49.0 Å². The van der Waals surface area contributed by atoms with Crippen molar-refractivity contribution in [2.45, 2.75) is 0 Å². The van der Waals surface area contributed by atoms with Crippen molar-refractivity contribution in [2.24, 2.45) is 0 Å². The third-order valence-corrected chi connectivity index (χ3v) is 0. The van der Waals surface area contributed by atoms with E-state index in [1.165, 1.54) is 0 Å². The maximum absolute atomic E-state index is 5.17. The van der Waals surface area contributed by atoms with E-state index in [4.69, 9.17) is 11.6 Å². The van der Waals surface area contributed by atoms with E-state index in [2.05, 4.69) is 9.01 Å². The zero-order valence-electron chi connectivity index (χ0n) is 1.63. The van der Waals surface area contributed by atoms with Crippen molar-refractivity contribution in [1.82, 2.24) is 0 Å². The molecule has 0 spiro atoms. The van der Waals surface area contributed by atoms with Gasteiger partial charge in [-0.1, -0.05) is 0 Å². The van der Waals surface area contributed by atoms with E-state index in [1.54, 1.807) is 0 Å². The van der Waals surface area contributed by atoms with Gasteiger partial charge in [0, 0.05) is 0 Å². The second-order valence-electron chi connectivity index (χ2n) is 0.214. The summed E-state index contributed by atoms with van der Waals surface area (Å²) in [5.41, 5.74) is 0. The molecule has 0 unspecified atom stereocenters. The van der Waals surface area contributed by atoms with Crippen LogP contribution in [0, 0.1) is 28.4 Å². The molecule has 0 heterocycles. The molecule has 0 aliphatic rings. The Morgan fingerprint density at radius 3 is 1.50 bits per heavy atom. The first-order chi connectivity index (χ1) is 1.73. The molecule has 0 aliphatic heterocycles. The summed E-state index contributed by atoms with van der Waals surface area (Å²) >= 11 is -1.90. The molecule has 0 fully saturated rings. The Bertz CT molecular complexity index is 10.8. The second kappa shape index (κ2) is 3.60. The molecular weight excluding hydrogens is 295 g/mol. The van der Waals surface area contributed by atoms with Gasteiger partial charge in [0.25, 0.3) is 0 Å². The van der Waals surface area contributed by atoms with Crippen LogP contribution in [0.4, 0.5) is 0 Å². The minimum absolute atomic E-state index is 1.90. The van der Waals surface area contributed by atoms with Gasteiger partial charge in [-0.25, -0.2) is 0 Å². The molecule has 0 nitrogen and oxygen atoms in total. The van der Waals surface area contributed by atoms with Crippen LogP contribution >= 0.6 is 20.6 Å². The summed E-state index contributed by atoms with van der Waals surface area (Å²) in [6.07, 6.45) is 0. The van der Waals surface area contributed by atoms with Crippen LogP contribution in [0.15, 0.2) is 0 Å². The molecule has 0 radical (unpaired) electrons. The van der Waals surface area contributed by atoms with Gasteiger partial charge in [0.1, 0.15) is 0 Å². The standard InChI is InChI=1S/BrH.2ClH.Nd/h3*1H;/q;;;+3/p-3. The van der Waals surface area contributed by atoms with Gasteiger partial charge in [-0.15, -0.1) is 0 Å². The van der Waals surface area contributed by atoms with Crippen molar-refractivity contribution >= 4 is 20.6 Å². The molecule has 0 saturated heterocycles. The predicted molar refractivity (Wildman–Crippen MR) is 20.6 cm³/mol. The summed E-state index contributed by atoms with van der Waals surface area (Å²) in [6, 6.07) is 0. The molecule has 0 aliphatic carbocycles. The Labute approximate surface area is 47.6 Å². The van der Waals surface area contributed by atoms with E-state index in [0.29, 0.717) is 0 Å². The Kier molecular flexibility index (Phi) is 5.76. The van der Waals surface area contributed by atoms with Crippen LogP contribution in [-0.4, -0.2) is 0 Å². The fourth-order valence-electron chi connectivity index (χ4n) is 0. The monoisotopic (exact) mass is 291 g/mol. The SMILES string of the molecule is [Cl][Nd]([Cl])[Br]. The number of rotatable bonds is 0. The molecule has 25 valence electrons. The van der Waals surface area contributed by atoms with E-state index >= 15 is 0 Å². The summed E-state index contributed by atoms with van der Waals surface area (Å²) in [7, 11) is 3.01. The third-order valence-electron chi connectivity index (χ3n) is 0. The number of hydrogen-bond donors (Lipinski definition) is 0. The van der Waals surface area contributed by atoms with E-state index in [0.717, 1.165) is 0 Å². The van der Waals surface area contributed by atoms with E-state index in [9.17, 15) is 0 Å². The molecule has 0 bridgehead atoms. The fourth-order valence-corrected chi connectivity index (χ4v) is 0. The quantitative estimate of drug-likeness (QED) is 0.643. The van der Waals surface area contributed by atoms with Gasteiger partial charge in [-0.05, 0) is 0 Å². The molecule has 4 heteroatoms. The maximum atomic E-state index is 5.17. The average Bonchev–Trinajstić information content (AvgIpc) is 0.811. The molecule has 0 N–H and O–H groups in total. The molecule has 0 aromatic carbocycles. The van der Waals surface area contributed by atoms with Crippen LogP contribution in [0.2, 0.25) is 0 Å². The van der Waals surface area contributed by atoms with Crippen molar-refractivity contribution in [2.75, 3.05) is 0 Å². The van der Waals surface area contributed by atoms with E-state index < -0.39 is 28.4 Å². The van der Waals surface area contributed by atoms with Gasteiger partial charge in [-0.3, -0.25) is 0 Å². The molecule has 0 rings (SSSR count). The topological polar surface area (TPSA) is 0 Å². The van der Waals surface area contributed by atoms with E-state index in [-0.39, 0.29) is 0 Å². The summed E-state index contributed by atoms with van der Waals surface area (Å²) in [5, 5.41) is 0. The minimum atomic E-state index is -1.90. The third kappa shape index (κ3) is 8.83. The van der Waals surface area contributed by atoms with Crippen LogP contribution < -0.4 is 0 Å². The van der Waals surface area contributed by atoms with Crippen molar-refractivity contribution in [3.05, 3.63) is 0 Å². The van der Waals surface area contributed by atoms with Gasteiger partial charge in [0.05, 0.1) is 0 Å². The zero-order chi connectivity index (χ0) is 3.58. The summed E-state index contributed by atoms with van der Waals surface area (Å²) in [5.74, 6) is 10.3. The Morgan fingerprint density at radius 2 is 1.50 bits per heavy atom. The predicted octanol–water partition coefficient (Wildman–Crippen LogP) is 2.22. The van der Waals surface area contributed by atoms with Crippen molar-refractivity contribution in [1.29, 1.82) is 0 Å². The summed E-state index contributed by atoms with van der Waals surface area (Å²) in [4.78, 5) is 0. The molecule has 0 amide bonds. The molecular formula is BrCl2Nd. The van der Waals surface area contributed by atoms with Crippen molar-refractivity contribution < 1.29 is 28.4 Å². The van der Waals surface area contributed by atoms with Crippen molar-refractivity contribution in [3.8, 4) is 0 Å². The van der Waals surface area contributed by atoms with Gasteiger partial charge in [0.15, 0.2) is 0 Å². The first-order valence-corrected chi connectivity index (χ1v) is 15.7. The second-order valence-corrected chi connectivity index (χ2v) is 21.3. The van der Waals surface area contributed by atoms with Gasteiger partial charge < -0.3 is 0 Å². The number of halogens is 3. The van der Waals surface area contributed by atoms with Crippen LogP contribution in [0.3, 0.4) is 0 Å². The Morgan fingerprint density at radius 1 is 1.50 bits per heavy atom. The molecule has 0 aromatic rings. The molecule has 0 atom stereocenters. The number of hydrogen-bond acceptors (Lipinski definition) is 0.